The van der Waals surface area contributed by atoms with E-state index >= 15 is 0 Å². The van der Waals surface area contributed by atoms with Crippen LogP contribution in [0.1, 0.15) is 46.5 Å². The summed E-state index contributed by atoms with van der Waals surface area (Å²) >= 11 is 0. The molecule has 0 aromatic carbocycles. The monoisotopic (exact) mass is 236 g/mol. The number of aliphatic hydroxyl groups excluding tert-OH is 1. The number of aliphatic hydroxyl groups is 1. The van der Waals surface area contributed by atoms with Crippen LogP contribution < -0.4 is 0 Å². The van der Waals surface area contributed by atoms with Gasteiger partial charge in [0.2, 0.25) is 0 Å². The number of ether oxygens (including phenoxy) is 1. The fourth-order valence-electron chi connectivity index (χ4n) is 2.50. The summed E-state index contributed by atoms with van der Waals surface area (Å²) in [5, 5.41) is 9.46. The van der Waals surface area contributed by atoms with Gasteiger partial charge in [-0.05, 0) is 38.0 Å². The van der Waals surface area contributed by atoms with Gasteiger partial charge in [0.1, 0.15) is 5.60 Å². The van der Waals surface area contributed by atoms with Crippen LogP contribution in [0.5, 0.6) is 0 Å². The van der Waals surface area contributed by atoms with Crippen molar-refractivity contribution < 1.29 is 9.84 Å². The van der Waals surface area contributed by atoms with Gasteiger partial charge >= 0.3 is 0 Å². The van der Waals surface area contributed by atoms with Crippen LogP contribution in [-0.2, 0) is 4.74 Å². The third-order valence-corrected chi connectivity index (χ3v) is 3.98. The molecule has 0 unspecified atom stereocenters. The van der Waals surface area contributed by atoms with Gasteiger partial charge in [0.15, 0.2) is 0 Å². The second kappa shape index (κ2) is 4.58. The molecule has 1 fully saturated rings. The quantitative estimate of drug-likeness (QED) is 0.560. The van der Waals surface area contributed by atoms with E-state index in [0.717, 1.165) is 25.7 Å². The average Bonchev–Trinajstić information content (AvgIpc) is 2.97. The third-order valence-electron chi connectivity index (χ3n) is 3.98. The van der Waals surface area contributed by atoms with Crippen molar-refractivity contribution in [1.29, 1.82) is 0 Å². The van der Waals surface area contributed by atoms with Crippen LogP contribution in [0, 0.1) is 5.41 Å². The van der Waals surface area contributed by atoms with Gasteiger partial charge in [-0.3, -0.25) is 0 Å². The second-order valence-electron chi connectivity index (χ2n) is 6.22. The highest BCUT2D eigenvalue weighted by Gasteiger charge is 2.54. The Morgan fingerprint density at radius 2 is 2.18 bits per heavy atom. The second-order valence-corrected chi connectivity index (χ2v) is 6.22. The molecule has 1 N–H and O–H groups in total. The van der Waals surface area contributed by atoms with E-state index < -0.39 is 0 Å². The topological polar surface area (TPSA) is 32.8 Å². The number of hydrogen-bond acceptors (Lipinski definition) is 2. The molecule has 17 heavy (non-hydrogen) atoms. The minimum Gasteiger partial charge on any atom is -0.393 e. The summed E-state index contributed by atoms with van der Waals surface area (Å²) in [5.41, 5.74) is 1.37. The first-order chi connectivity index (χ1) is 7.97. The minimum absolute atomic E-state index is 0.144. The molecule has 0 spiro atoms. The number of epoxide rings is 1. The van der Waals surface area contributed by atoms with Crippen molar-refractivity contribution in [3.63, 3.8) is 0 Å². The van der Waals surface area contributed by atoms with Crippen LogP contribution in [0.2, 0.25) is 0 Å². The Bertz CT molecular complexity index is 341. The summed E-state index contributed by atoms with van der Waals surface area (Å²) in [6.45, 7) is 6.84. The first kappa shape index (κ1) is 12.8. The third kappa shape index (κ3) is 2.99. The van der Waals surface area contributed by atoms with Crippen molar-refractivity contribution in [1.82, 2.24) is 0 Å². The van der Waals surface area contributed by atoms with E-state index in [0.29, 0.717) is 0 Å². The normalized spacial score (nSPS) is 41.6. The van der Waals surface area contributed by atoms with E-state index in [4.69, 9.17) is 4.74 Å². The van der Waals surface area contributed by atoms with E-state index in [9.17, 15) is 5.11 Å². The molecular formula is C15H24O2. The molecule has 0 amide bonds. The van der Waals surface area contributed by atoms with Gasteiger partial charge < -0.3 is 9.84 Å². The molecular weight excluding hydrogens is 212 g/mol. The van der Waals surface area contributed by atoms with Crippen LogP contribution in [0.25, 0.3) is 0 Å². The summed E-state index contributed by atoms with van der Waals surface area (Å²) in [4.78, 5) is 0. The zero-order valence-electron chi connectivity index (χ0n) is 11.2. The lowest BCUT2D eigenvalue weighted by Gasteiger charge is -2.18. The van der Waals surface area contributed by atoms with Crippen LogP contribution >= 0.6 is 0 Å². The number of rotatable bonds is 1. The molecule has 0 aromatic rings. The Kier molecular flexibility index (Phi) is 3.46. The molecule has 2 nitrogen and oxygen atoms in total. The Balaban J connectivity index is 2.13. The molecule has 0 bridgehead atoms. The maximum atomic E-state index is 9.46. The fourth-order valence-corrected chi connectivity index (χ4v) is 2.50. The lowest BCUT2D eigenvalue weighted by atomic mass is 9.87. The smallest absolute Gasteiger partial charge is 0.121 e. The van der Waals surface area contributed by atoms with Gasteiger partial charge in [0.05, 0.1) is 12.7 Å². The maximum absolute atomic E-state index is 9.46. The van der Waals surface area contributed by atoms with E-state index in [1.807, 2.05) is 0 Å². The molecule has 2 aliphatic rings. The molecule has 0 radical (unpaired) electrons. The zero-order chi connectivity index (χ0) is 12.5. The molecule has 1 aliphatic carbocycles. The molecule has 2 rings (SSSR count). The van der Waals surface area contributed by atoms with Gasteiger partial charge in [-0.25, -0.2) is 0 Å². The van der Waals surface area contributed by atoms with Crippen molar-refractivity contribution in [3.05, 3.63) is 23.8 Å². The Morgan fingerprint density at radius 3 is 2.88 bits per heavy atom. The molecule has 2 atom stereocenters. The molecule has 1 heterocycles. The minimum atomic E-state index is -0.267. The van der Waals surface area contributed by atoms with Crippen LogP contribution in [0.4, 0.5) is 0 Å². The summed E-state index contributed by atoms with van der Waals surface area (Å²) in [6.07, 6.45) is 11.1. The van der Waals surface area contributed by atoms with Crippen molar-refractivity contribution in [2.75, 3.05) is 6.61 Å². The highest BCUT2D eigenvalue weighted by Crippen LogP contribution is 2.43. The molecule has 96 valence electrons. The number of allylic oxidation sites excluding steroid dienone is 3. The van der Waals surface area contributed by atoms with Gasteiger partial charge in [-0.1, -0.05) is 37.6 Å². The molecule has 0 aromatic heterocycles. The summed E-state index contributed by atoms with van der Waals surface area (Å²) in [6, 6.07) is 0. The predicted octanol–water partition coefficient (Wildman–Crippen LogP) is 3.22. The van der Waals surface area contributed by atoms with E-state index in [1.165, 1.54) is 5.57 Å². The van der Waals surface area contributed by atoms with Gasteiger partial charge in [0.25, 0.3) is 0 Å². The summed E-state index contributed by atoms with van der Waals surface area (Å²) in [7, 11) is 0. The van der Waals surface area contributed by atoms with Crippen molar-refractivity contribution in [3.8, 4) is 0 Å². The number of fused-ring (bicyclic) bond motifs is 1. The summed E-state index contributed by atoms with van der Waals surface area (Å²) in [5.74, 6) is 0. The van der Waals surface area contributed by atoms with Crippen LogP contribution in [-0.4, -0.2) is 23.4 Å². The molecule has 1 aliphatic heterocycles. The predicted molar refractivity (Wildman–Crippen MR) is 69.8 cm³/mol. The van der Waals surface area contributed by atoms with Crippen molar-refractivity contribution >= 4 is 0 Å². The highest BCUT2D eigenvalue weighted by atomic mass is 16.6. The van der Waals surface area contributed by atoms with Gasteiger partial charge in [-0.15, -0.1) is 0 Å². The first-order valence-electron chi connectivity index (χ1n) is 6.59. The molecule has 2 heteroatoms. The average molecular weight is 236 g/mol. The lowest BCUT2D eigenvalue weighted by Crippen LogP contribution is -2.19. The Morgan fingerprint density at radius 1 is 1.41 bits per heavy atom. The van der Waals surface area contributed by atoms with E-state index in [-0.39, 0.29) is 23.7 Å². The van der Waals surface area contributed by atoms with E-state index in [1.54, 1.807) is 0 Å². The largest absolute Gasteiger partial charge is 0.393 e. The maximum Gasteiger partial charge on any atom is 0.121 e. The Hall–Kier alpha value is -0.600. The van der Waals surface area contributed by atoms with Crippen molar-refractivity contribution in [2.24, 2.45) is 5.41 Å². The van der Waals surface area contributed by atoms with Crippen molar-refractivity contribution in [2.45, 2.75) is 58.2 Å². The molecule has 0 saturated carbocycles. The first-order valence-corrected chi connectivity index (χ1v) is 6.59. The number of hydrogen-bond donors (Lipinski definition) is 1. The van der Waals surface area contributed by atoms with Gasteiger partial charge in [-0.2, -0.15) is 0 Å². The van der Waals surface area contributed by atoms with Crippen LogP contribution in [0.15, 0.2) is 23.8 Å². The fraction of sp³-hybridized carbons (Fsp3) is 0.733. The standard InChI is InChI=1S/C15H24O2/c1-12-5-6-13-15(11-16,17-13)9-4-8-14(2,3)10-7-12/h4,7-8,13,16H,5-6,9-11H2,1-3H3/b8-4+,12-7+/t13-,15-/m0/s1. The Labute approximate surface area is 104 Å². The zero-order valence-corrected chi connectivity index (χ0v) is 11.2. The van der Waals surface area contributed by atoms with Crippen LogP contribution in [0.3, 0.4) is 0 Å². The molecule has 1 saturated heterocycles. The van der Waals surface area contributed by atoms with Gasteiger partial charge in [0, 0.05) is 0 Å². The summed E-state index contributed by atoms with van der Waals surface area (Å²) < 4.78 is 5.71. The highest BCUT2D eigenvalue weighted by molar-refractivity contribution is 5.13. The van der Waals surface area contributed by atoms with E-state index in [2.05, 4.69) is 39.0 Å². The SMILES string of the molecule is C/C1=C\CC(C)(C)/C=C/C[C@@]2(CO)O[C@H]2CC1. The lowest BCUT2D eigenvalue weighted by molar-refractivity contribution is 0.173.